The van der Waals surface area contributed by atoms with E-state index in [2.05, 4.69) is 27.4 Å². The fourth-order valence-electron chi connectivity index (χ4n) is 6.77. The number of anilines is 2. The lowest BCUT2D eigenvalue weighted by molar-refractivity contribution is -0.200. The van der Waals surface area contributed by atoms with Crippen LogP contribution in [0.1, 0.15) is 38.3 Å². The Hall–Kier alpha value is -3.40. The molecule has 12 heteroatoms. The van der Waals surface area contributed by atoms with Crippen molar-refractivity contribution in [3.05, 3.63) is 48.2 Å². The van der Waals surface area contributed by atoms with Gasteiger partial charge in [0.2, 0.25) is 0 Å². The highest BCUT2D eigenvalue weighted by Gasteiger charge is 2.50. The van der Waals surface area contributed by atoms with Crippen molar-refractivity contribution in [1.29, 1.82) is 0 Å². The number of hydrogen-bond acceptors (Lipinski definition) is 7. The Labute approximate surface area is 262 Å². The minimum Gasteiger partial charge on any atom is -0.495 e. The Morgan fingerprint density at radius 3 is 2.47 bits per heavy atom. The number of sulfone groups is 1. The lowest BCUT2D eigenvalue weighted by Crippen LogP contribution is -2.68. The number of benzene rings is 2. The molecule has 2 saturated heterocycles. The molecule has 45 heavy (non-hydrogen) atoms. The summed E-state index contributed by atoms with van der Waals surface area (Å²) in [5.74, 6) is 6.16. The van der Waals surface area contributed by atoms with Gasteiger partial charge in [0.1, 0.15) is 12.3 Å². The second-order valence-corrected chi connectivity index (χ2v) is 14.7. The molecule has 242 valence electrons. The minimum absolute atomic E-state index is 0.0333. The van der Waals surface area contributed by atoms with Gasteiger partial charge in [0.25, 0.3) is 0 Å². The van der Waals surface area contributed by atoms with Crippen molar-refractivity contribution in [1.82, 2.24) is 9.47 Å². The normalized spacial score (nSPS) is 21.4. The van der Waals surface area contributed by atoms with Crippen molar-refractivity contribution < 1.29 is 31.1 Å². The Bertz CT molecular complexity index is 1710. The van der Waals surface area contributed by atoms with Crippen molar-refractivity contribution >= 4 is 32.1 Å². The molecule has 3 fully saturated rings. The van der Waals surface area contributed by atoms with Crippen LogP contribution in [0.15, 0.2) is 47.4 Å². The molecule has 6 rings (SSSR count). The summed E-state index contributed by atoms with van der Waals surface area (Å²) in [5, 5.41) is 7.43. The van der Waals surface area contributed by atoms with Crippen molar-refractivity contribution in [2.75, 3.05) is 56.3 Å². The summed E-state index contributed by atoms with van der Waals surface area (Å²) < 4.78 is 77.5. The third-order valence-electron chi connectivity index (χ3n) is 9.25. The first kappa shape index (κ1) is 31.6. The quantitative estimate of drug-likeness (QED) is 0.297. The average Bonchev–Trinajstić information content (AvgIpc) is 3.31. The molecule has 3 heterocycles. The standard InChI is InChI=1S/C33H39F3N4O4S/c1-3-45(41,42)26-13-14-29(31(17-26)43-2)37-15-5-6-25-16-27-28(7-4-8-30(27)40(25)20-33(34,35)36)38-23-9-11-24(12-10-23)39-18-32(19-39)21-44-22-32/h4,7-8,13-14,16-17,23-24,37-38H,3,9-12,15,18-22H2,1-2H3. The Kier molecular flexibility index (Phi) is 8.71. The molecule has 0 amide bonds. The van der Waals surface area contributed by atoms with Crippen LogP contribution in [-0.4, -0.2) is 81.9 Å². The summed E-state index contributed by atoms with van der Waals surface area (Å²) in [6, 6.07) is 12.5. The monoisotopic (exact) mass is 644 g/mol. The zero-order valence-electron chi connectivity index (χ0n) is 25.5. The van der Waals surface area contributed by atoms with E-state index in [4.69, 9.17) is 9.47 Å². The highest BCUT2D eigenvalue weighted by Crippen LogP contribution is 2.41. The first-order valence-corrected chi connectivity index (χ1v) is 17.1. The van der Waals surface area contributed by atoms with Crippen LogP contribution in [0.4, 0.5) is 24.5 Å². The number of hydrogen-bond donors (Lipinski definition) is 2. The molecule has 8 nitrogen and oxygen atoms in total. The van der Waals surface area contributed by atoms with Gasteiger partial charge in [-0.2, -0.15) is 13.2 Å². The number of halogens is 3. The number of aromatic nitrogens is 1. The van der Waals surface area contributed by atoms with Crippen molar-refractivity contribution in [3.8, 4) is 17.6 Å². The van der Waals surface area contributed by atoms with Gasteiger partial charge in [-0.3, -0.25) is 4.90 Å². The van der Waals surface area contributed by atoms with Crippen LogP contribution in [0.5, 0.6) is 5.75 Å². The van der Waals surface area contributed by atoms with Crippen LogP contribution in [0, 0.1) is 17.3 Å². The molecular formula is C33H39F3N4O4S. The average molecular weight is 645 g/mol. The molecule has 0 radical (unpaired) electrons. The highest BCUT2D eigenvalue weighted by atomic mass is 32.2. The van der Waals surface area contributed by atoms with Crippen molar-refractivity contribution in [2.45, 2.75) is 62.3 Å². The molecule has 3 aromatic rings. The van der Waals surface area contributed by atoms with Crippen molar-refractivity contribution in [2.24, 2.45) is 5.41 Å². The van der Waals surface area contributed by atoms with E-state index < -0.39 is 22.6 Å². The van der Waals surface area contributed by atoms with Gasteiger partial charge >= 0.3 is 6.18 Å². The number of rotatable bonds is 9. The molecule has 0 atom stereocenters. The van der Waals surface area contributed by atoms with E-state index in [1.807, 2.05) is 6.07 Å². The molecule has 1 spiro atoms. The van der Waals surface area contributed by atoms with E-state index >= 15 is 0 Å². The van der Waals surface area contributed by atoms with Crippen LogP contribution >= 0.6 is 0 Å². The zero-order valence-corrected chi connectivity index (χ0v) is 26.4. The maximum Gasteiger partial charge on any atom is 0.406 e. The second-order valence-electron chi connectivity index (χ2n) is 12.4. The Morgan fingerprint density at radius 1 is 1.07 bits per heavy atom. The topological polar surface area (TPSA) is 84.8 Å². The Morgan fingerprint density at radius 2 is 1.82 bits per heavy atom. The van der Waals surface area contributed by atoms with E-state index in [-0.39, 0.29) is 28.9 Å². The van der Waals surface area contributed by atoms with Gasteiger partial charge in [-0.25, -0.2) is 8.42 Å². The van der Waals surface area contributed by atoms with E-state index in [0.29, 0.717) is 33.8 Å². The Balaban J connectivity index is 1.16. The molecule has 1 saturated carbocycles. The van der Waals surface area contributed by atoms with Gasteiger partial charge in [0.15, 0.2) is 9.84 Å². The number of nitrogens with one attached hydrogen (secondary N) is 2. The van der Waals surface area contributed by atoms with Gasteiger partial charge in [0, 0.05) is 47.7 Å². The maximum absolute atomic E-state index is 13.7. The van der Waals surface area contributed by atoms with Crippen LogP contribution in [0.3, 0.4) is 0 Å². The fraction of sp³-hybridized carbons (Fsp3) is 0.515. The van der Waals surface area contributed by atoms with Crippen LogP contribution in [-0.2, 0) is 21.1 Å². The molecule has 1 aromatic heterocycles. The summed E-state index contributed by atoms with van der Waals surface area (Å²) in [6.45, 7) is 4.57. The van der Waals surface area contributed by atoms with E-state index in [1.54, 1.807) is 31.2 Å². The predicted molar refractivity (Wildman–Crippen MR) is 169 cm³/mol. The van der Waals surface area contributed by atoms with Gasteiger partial charge in [-0.15, -0.1) is 0 Å². The van der Waals surface area contributed by atoms with E-state index in [0.717, 1.165) is 57.7 Å². The van der Waals surface area contributed by atoms with Crippen molar-refractivity contribution in [3.63, 3.8) is 0 Å². The summed E-state index contributed by atoms with van der Waals surface area (Å²) >= 11 is 0. The number of methoxy groups -OCH3 is 1. The molecule has 2 aliphatic heterocycles. The van der Waals surface area contributed by atoms with Crippen LogP contribution < -0.4 is 15.4 Å². The third-order valence-corrected chi connectivity index (χ3v) is 11.0. The predicted octanol–water partition coefficient (Wildman–Crippen LogP) is 5.52. The van der Waals surface area contributed by atoms with Gasteiger partial charge < -0.3 is 24.7 Å². The molecule has 3 aliphatic rings. The summed E-state index contributed by atoms with van der Waals surface area (Å²) in [6.07, 6.45) is -0.191. The van der Waals surface area contributed by atoms with Crippen LogP contribution in [0.25, 0.3) is 10.9 Å². The molecule has 2 N–H and O–H groups in total. The van der Waals surface area contributed by atoms with Gasteiger partial charge in [-0.05, 0) is 61.9 Å². The molecule has 0 unspecified atom stereocenters. The first-order chi connectivity index (χ1) is 21.5. The fourth-order valence-corrected chi connectivity index (χ4v) is 7.66. The molecule has 1 aliphatic carbocycles. The van der Waals surface area contributed by atoms with Gasteiger partial charge in [0.05, 0.1) is 54.4 Å². The maximum atomic E-state index is 13.7. The number of likely N-dealkylation sites (tertiary alicyclic amines) is 1. The highest BCUT2D eigenvalue weighted by molar-refractivity contribution is 7.91. The largest absolute Gasteiger partial charge is 0.495 e. The second kappa shape index (κ2) is 12.4. The molecule has 0 bridgehead atoms. The SMILES string of the molecule is CCS(=O)(=O)c1ccc(NCC#Cc2cc3c(NC4CCC(N5CC6(COC6)C5)CC4)cccc3n2CC(F)(F)F)c(OC)c1. The smallest absolute Gasteiger partial charge is 0.406 e. The number of nitrogens with zero attached hydrogens (tertiary/aromatic N) is 2. The summed E-state index contributed by atoms with van der Waals surface area (Å²) in [7, 11) is -1.97. The summed E-state index contributed by atoms with van der Waals surface area (Å²) in [5.41, 5.74) is 2.50. The lowest BCUT2D eigenvalue weighted by atomic mass is 9.75. The van der Waals surface area contributed by atoms with E-state index in [9.17, 15) is 21.6 Å². The zero-order chi connectivity index (χ0) is 31.8. The lowest BCUT2D eigenvalue weighted by Gasteiger charge is -2.58. The first-order valence-electron chi connectivity index (χ1n) is 15.4. The molecule has 2 aromatic carbocycles. The molecular weight excluding hydrogens is 605 g/mol. The van der Waals surface area contributed by atoms with Gasteiger partial charge in [-0.1, -0.05) is 18.9 Å². The minimum atomic E-state index is -4.42. The van der Waals surface area contributed by atoms with Crippen LogP contribution in [0.2, 0.25) is 0 Å². The number of alkyl halides is 3. The number of ether oxygens (including phenoxy) is 2. The summed E-state index contributed by atoms with van der Waals surface area (Å²) in [4.78, 5) is 2.74. The number of fused-ring (bicyclic) bond motifs is 1. The van der Waals surface area contributed by atoms with E-state index in [1.165, 1.54) is 23.8 Å². The third kappa shape index (κ3) is 6.76.